The third kappa shape index (κ3) is 3.35. The molecule has 128 valence electrons. The standard InChI is InChI=1S/C22H15ClO3/c23-17-8-4-5-15(11-17)13-25-18-9-10-21-19(12-18)20(14-26-21)22(24)16-6-2-1-3-7-16/h1-12,14H,13H2. The minimum atomic E-state index is -0.0728. The van der Waals surface area contributed by atoms with Gasteiger partial charge in [0, 0.05) is 16.0 Å². The van der Waals surface area contributed by atoms with E-state index in [1.165, 1.54) is 6.26 Å². The number of ether oxygens (including phenoxy) is 1. The van der Waals surface area contributed by atoms with Crippen LogP contribution in [0.25, 0.3) is 11.0 Å². The molecule has 4 aromatic rings. The topological polar surface area (TPSA) is 39.4 Å². The Kier molecular flexibility index (Phi) is 4.46. The van der Waals surface area contributed by atoms with Gasteiger partial charge < -0.3 is 9.15 Å². The molecule has 0 saturated carbocycles. The van der Waals surface area contributed by atoms with E-state index < -0.39 is 0 Å². The van der Waals surface area contributed by atoms with Crippen LogP contribution in [-0.4, -0.2) is 5.78 Å². The van der Waals surface area contributed by atoms with Gasteiger partial charge in [-0.05, 0) is 35.9 Å². The molecule has 1 aromatic heterocycles. The molecule has 0 unspecified atom stereocenters. The lowest BCUT2D eigenvalue weighted by Crippen LogP contribution is -2.00. The zero-order valence-corrected chi connectivity index (χ0v) is 14.6. The summed E-state index contributed by atoms with van der Waals surface area (Å²) in [5, 5.41) is 1.41. The average Bonchev–Trinajstić information content (AvgIpc) is 3.10. The molecule has 4 rings (SSSR count). The maximum absolute atomic E-state index is 12.7. The second kappa shape index (κ2) is 7.06. The van der Waals surface area contributed by atoms with Crippen LogP contribution in [0.2, 0.25) is 5.02 Å². The van der Waals surface area contributed by atoms with E-state index in [2.05, 4.69) is 0 Å². The SMILES string of the molecule is O=C(c1ccccc1)c1coc2ccc(OCc3cccc(Cl)c3)cc12. The predicted octanol–water partition coefficient (Wildman–Crippen LogP) is 5.90. The molecule has 0 atom stereocenters. The van der Waals surface area contributed by atoms with Crippen molar-refractivity contribution in [1.29, 1.82) is 0 Å². The van der Waals surface area contributed by atoms with Crippen molar-refractivity contribution < 1.29 is 13.9 Å². The van der Waals surface area contributed by atoms with Crippen LogP contribution in [0.3, 0.4) is 0 Å². The molecule has 0 radical (unpaired) electrons. The normalized spacial score (nSPS) is 10.8. The molecule has 0 spiro atoms. The number of carbonyl (C=O) groups excluding carboxylic acids is 1. The first-order valence-electron chi connectivity index (χ1n) is 8.19. The second-order valence-corrected chi connectivity index (χ2v) is 6.36. The lowest BCUT2D eigenvalue weighted by molar-refractivity contribution is 0.103. The fraction of sp³-hybridized carbons (Fsp3) is 0.0455. The molecular weight excluding hydrogens is 348 g/mol. The first-order valence-corrected chi connectivity index (χ1v) is 8.57. The van der Waals surface area contributed by atoms with Crippen molar-refractivity contribution in [3.05, 3.63) is 101 Å². The summed E-state index contributed by atoms with van der Waals surface area (Å²) >= 11 is 6.00. The summed E-state index contributed by atoms with van der Waals surface area (Å²) in [6, 6.07) is 22.1. The van der Waals surface area contributed by atoms with Crippen LogP contribution in [0.15, 0.2) is 83.5 Å². The molecule has 0 bridgehead atoms. The number of rotatable bonds is 5. The van der Waals surface area contributed by atoms with Gasteiger partial charge in [0.15, 0.2) is 5.78 Å². The molecule has 1 heterocycles. The van der Waals surface area contributed by atoms with E-state index in [4.69, 9.17) is 20.8 Å². The third-order valence-corrected chi connectivity index (χ3v) is 4.36. The van der Waals surface area contributed by atoms with Crippen molar-refractivity contribution in [3.63, 3.8) is 0 Å². The van der Waals surface area contributed by atoms with Gasteiger partial charge in [0.2, 0.25) is 0 Å². The molecule has 0 fully saturated rings. The van der Waals surface area contributed by atoms with Crippen LogP contribution >= 0.6 is 11.6 Å². The highest BCUT2D eigenvalue weighted by atomic mass is 35.5. The number of carbonyl (C=O) groups is 1. The smallest absolute Gasteiger partial charge is 0.196 e. The van der Waals surface area contributed by atoms with Gasteiger partial charge >= 0.3 is 0 Å². The summed E-state index contributed by atoms with van der Waals surface area (Å²) in [6.07, 6.45) is 1.50. The van der Waals surface area contributed by atoms with Gasteiger partial charge in [-0.2, -0.15) is 0 Å². The number of fused-ring (bicyclic) bond motifs is 1. The van der Waals surface area contributed by atoms with Crippen molar-refractivity contribution in [2.75, 3.05) is 0 Å². The van der Waals surface area contributed by atoms with Crippen molar-refractivity contribution in [1.82, 2.24) is 0 Å². The molecule has 0 aliphatic rings. The highest BCUT2D eigenvalue weighted by Crippen LogP contribution is 2.28. The number of furan rings is 1. The molecule has 3 nitrogen and oxygen atoms in total. The van der Waals surface area contributed by atoms with Crippen molar-refractivity contribution in [2.45, 2.75) is 6.61 Å². The Hall–Kier alpha value is -3.04. The first kappa shape index (κ1) is 16.4. The quantitative estimate of drug-likeness (QED) is 0.415. The van der Waals surface area contributed by atoms with E-state index in [0.717, 1.165) is 10.9 Å². The van der Waals surface area contributed by atoms with Gasteiger partial charge in [-0.25, -0.2) is 0 Å². The number of hydrogen-bond acceptors (Lipinski definition) is 3. The maximum Gasteiger partial charge on any atom is 0.196 e. The van der Waals surface area contributed by atoms with Gasteiger partial charge in [-0.15, -0.1) is 0 Å². The minimum absolute atomic E-state index is 0.0728. The molecule has 26 heavy (non-hydrogen) atoms. The van der Waals surface area contributed by atoms with Gasteiger partial charge in [0.25, 0.3) is 0 Å². The monoisotopic (exact) mass is 362 g/mol. The van der Waals surface area contributed by atoms with Crippen molar-refractivity contribution >= 4 is 28.4 Å². The lowest BCUT2D eigenvalue weighted by atomic mass is 10.0. The molecule has 0 saturated heterocycles. The molecule has 0 aliphatic heterocycles. The van der Waals surface area contributed by atoms with Crippen LogP contribution in [0.5, 0.6) is 5.75 Å². The molecule has 0 amide bonds. The summed E-state index contributed by atoms with van der Waals surface area (Å²) in [5.41, 5.74) is 2.78. The maximum atomic E-state index is 12.7. The molecule has 4 heteroatoms. The number of hydrogen-bond donors (Lipinski definition) is 0. The highest BCUT2D eigenvalue weighted by molar-refractivity contribution is 6.30. The summed E-state index contributed by atoms with van der Waals surface area (Å²) in [7, 11) is 0. The Bertz CT molecular complexity index is 1070. The van der Waals surface area contributed by atoms with Crippen LogP contribution in [0.4, 0.5) is 0 Å². The average molecular weight is 363 g/mol. The Balaban J connectivity index is 1.61. The van der Waals surface area contributed by atoms with E-state index in [0.29, 0.717) is 34.1 Å². The van der Waals surface area contributed by atoms with Crippen molar-refractivity contribution in [3.8, 4) is 5.75 Å². The van der Waals surface area contributed by atoms with Crippen LogP contribution in [-0.2, 0) is 6.61 Å². The van der Waals surface area contributed by atoms with Crippen LogP contribution in [0, 0.1) is 0 Å². The molecule has 0 N–H and O–H groups in total. The minimum Gasteiger partial charge on any atom is -0.489 e. The van der Waals surface area contributed by atoms with E-state index >= 15 is 0 Å². The fourth-order valence-corrected chi connectivity index (χ4v) is 3.03. The van der Waals surface area contributed by atoms with E-state index in [-0.39, 0.29) is 5.78 Å². The summed E-state index contributed by atoms with van der Waals surface area (Å²) in [6.45, 7) is 0.395. The highest BCUT2D eigenvalue weighted by Gasteiger charge is 2.16. The number of ketones is 1. The second-order valence-electron chi connectivity index (χ2n) is 5.92. The van der Waals surface area contributed by atoms with Gasteiger partial charge in [-0.3, -0.25) is 4.79 Å². The molecular formula is C22H15ClO3. The zero-order chi connectivity index (χ0) is 17.9. The van der Waals surface area contributed by atoms with E-state index in [1.54, 1.807) is 12.1 Å². The predicted molar refractivity (Wildman–Crippen MR) is 102 cm³/mol. The number of benzene rings is 3. The Morgan fingerprint density at radius 2 is 1.81 bits per heavy atom. The largest absolute Gasteiger partial charge is 0.489 e. The summed E-state index contributed by atoms with van der Waals surface area (Å²) < 4.78 is 11.4. The van der Waals surface area contributed by atoms with E-state index in [9.17, 15) is 4.79 Å². The fourth-order valence-electron chi connectivity index (χ4n) is 2.81. The zero-order valence-electron chi connectivity index (χ0n) is 13.8. The van der Waals surface area contributed by atoms with Crippen LogP contribution < -0.4 is 4.74 Å². The Morgan fingerprint density at radius 3 is 2.62 bits per heavy atom. The molecule has 3 aromatic carbocycles. The Labute approximate surface area is 155 Å². The third-order valence-electron chi connectivity index (χ3n) is 4.12. The first-order chi connectivity index (χ1) is 12.7. The van der Waals surface area contributed by atoms with Gasteiger partial charge in [0.1, 0.15) is 24.2 Å². The summed E-state index contributed by atoms with van der Waals surface area (Å²) in [4.78, 5) is 12.7. The number of halogens is 1. The van der Waals surface area contributed by atoms with Gasteiger partial charge in [-0.1, -0.05) is 54.1 Å². The summed E-state index contributed by atoms with van der Waals surface area (Å²) in [5.74, 6) is 0.595. The molecule has 0 aliphatic carbocycles. The van der Waals surface area contributed by atoms with Crippen molar-refractivity contribution in [2.24, 2.45) is 0 Å². The van der Waals surface area contributed by atoms with Gasteiger partial charge in [0.05, 0.1) is 5.56 Å². The lowest BCUT2D eigenvalue weighted by Gasteiger charge is -2.07. The Morgan fingerprint density at radius 1 is 0.962 bits per heavy atom. The van der Waals surface area contributed by atoms with Crippen LogP contribution in [0.1, 0.15) is 21.5 Å². The van der Waals surface area contributed by atoms with E-state index in [1.807, 2.05) is 60.7 Å².